The number of benzene rings is 1. The molecule has 6 heteroatoms. The highest BCUT2D eigenvalue weighted by Crippen LogP contribution is 2.82. The largest absolute Gasteiger partial charge is 0.223 e. The number of sulfone groups is 1. The minimum Gasteiger partial charge on any atom is -0.223 e. The summed E-state index contributed by atoms with van der Waals surface area (Å²) in [5.74, 6) is 0. The van der Waals surface area contributed by atoms with Crippen LogP contribution in [0.15, 0.2) is 39.4 Å². The number of hydrogen-bond acceptors (Lipinski definition) is 4. The standard InChI is InChI=1S/C18H28N2O2SSi/c1-13-9-11-14(12-10-13)23(21,22)17-15(2,3)18(17,24(6,7)8)20-19-16(17,4)5/h9-12H,1-8H3/t17-,18+/m0/s1. The number of fused-ring (bicyclic) bond motifs is 1. The molecule has 0 saturated heterocycles. The number of hydrogen-bond donors (Lipinski definition) is 0. The van der Waals surface area contributed by atoms with Crippen LogP contribution in [-0.4, -0.2) is 31.9 Å². The molecule has 4 nitrogen and oxygen atoms in total. The van der Waals surface area contributed by atoms with Gasteiger partial charge < -0.3 is 0 Å². The minimum absolute atomic E-state index is 0.390. The zero-order chi connectivity index (χ0) is 18.4. The van der Waals surface area contributed by atoms with Gasteiger partial charge in [-0.25, -0.2) is 8.42 Å². The highest BCUT2D eigenvalue weighted by Gasteiger charge is 2.98. The van der Waals surface area contributed by atoms with Crippen LogP contribution in [0.2, 0.25) is 19.6 Å². The molecule has 132 valence electrons. The van der Waals surface area contributed by atoms with Gasteiger partial charge in [0, 0.05) is 5.41 Å². The van der Waals surface area contributed by atoms with Crippen molar-refractivity contribution < 1.29 is 8.42 Å². The molecule has 1 aromatic rings. The van der Waals surface area contributed by atoms with Gasteiger partial charge in [0.25, 0.3) is 0 Å². The first-order valence-corrected chi connectivity index (χ1v) is 13.4. The second-order valence-corrected chi connectivity index (χ2v) is 16.7. The third-order valence-corrected chi connectivity index (χ3v) is 12.8. The van der Waals surface area contributed by atoms with Crippen molar-refractivity contribution in [2.45, 2.75) is 74.6 Å². The molecule has 0 amide bonds. The quantitative estimate of drug-likeness (QED) is 0.746. The van der Waals surface area contributed by atoms with Crippen LogP contribution in [-0.2, 0) is 9.84 Å². The number of azo groups is 1. The van der Waals surface area contributed by atoms with Crippen molar-refractivity contribution in [1.29, 1.82) is 0 Å². The fourth-order valence-electron chi connectivity index (χ4n) is 5.85. The van der Waals surface area contributed by atoms with Gasteiger partial charge in [-0.1, -0.05) is 51.2 Å². The molecule has 1 aromatic carbocycles. The summed E-state index contributed by atoms with van der Waals surface area (Å²) in [5, 5.41) is 8.62. The predicted octanol–water partition coefficient (Wildman–Crippen LogP) is 4.41. The van der Waals surface area contributed by atoms with Gasteiger partial charge in [-0.15, -0.1) is 0 Å². The van der Waals surface area contributed by atoms with Gasteiger partial charge in [-0.3, -0.25) is 0 Å². The van der Waals surface area contributed by atoms with E-state index in [2.05, 4.69) is 38.6 Å². The van der Waals surface area contributed by atoms with Crippen LogP contribution in [0.25, 0.3) is 0 Å². The summed E-state index contributed by atoms with van der Waals surface area (Å²) in [6.45, 7) is 16.6. The van der Waals surface area contributed by atoms with Crippen molar-refractivity contribution >= 4 is 17.9 Å². The van der Waals surface area contributed by atoms with Crippen LogP contribution in [0.4, 0.5) is 0 Å². The van der Waals surface area contributed by atoms with E-state index in [1.54, 1.807) is 12.1 Å². The van der Waals surface area contributed by atoms with Crippen LogP contribution in [0, 0.1) is 12.3 Å². The van der Waals surface area contributed by atoms with Crippen LogP contribution in [0.3, 0.4) is 0 Å². The Morgan fingerprint density at radius 3 is 1.83 bits per heavy atom. The van der Waals surface area contributed by atoms with E-state index in [-0.39, 0.29) is 0 Å². The molecule has 0 N–H and O–H groups in total. The lowest BCUT2D eigenvalue weighted by Gasteiger charge is -2.32. The maximum absolute atomic E-state index is 13.9. The highest BCUT2D eigenvalue weighted by molar-refractivity contribution is 7.93. The molecule has 0 unspecified atom stereocenters. The monoisotopic (exact) mass is 364 g/mol. The molecule has 0 radical (unpaired) electrons. The molecule has 24 heavy (non-hydrogen) atoms. The fourth-order valence-corrected chi connectivity index (χ4v) is 14.3. The van der Waals surface area contributed by atoms with Gasteiger partial charge >= 0.3 is 0 Å². The van der Waals surface area contributed by atoms with Gasteiger partial charge in [0.15, 0.2) is 9.84 Å². The van der Waals surface area contributed by atoms with E-state index in [1.165, 1.54) is 0 Å². The van der Waals surface area contributed by atoms with Gasteiger partial charge in [0.2, 0.25) is 0 Å². The Labute approximate surface area is 146 Å². The molecule has 2 atom stereocenters. The van der Waals surface area contributed by atoms with E-state index in [1.807, 2.05) is 32.9 Å². The smallest absolute Gasteiger partial charge is 0.189 e. The third kappa shape index (κ3) is 1.53. The lowest BCUT2D eigenvalue weighted by atomic mass is 9.93. The Balaban J connectivity index is 2.34. The first-order valence-electron chi connectivity index (χ1n) is 8.46. The van der Waals surface area contributed by atoms with Gasteiger partial charge in [-0.05, 0) is 32.9 Å². The summed E-state index contributed by atoms with van der Waals surface area (Å²) >= 11 is 0. The van der Waals surface area contributed by atoms with Crippen molar-refractivity contribution in [2.24, 2.45) is 15.6 Å². The topological polar surface area (TPSA) is 58.9 Å². The van der Waals surface area contributed by atoms with E-state index in [0.29, 0.717) is 4.90 Å². The minimum atomic E-state index is -3.59. The van der Waals surface area contributed by atoms with E-state index >= 15 is 0 Å². The Bertz CT molecular complexity index is 835. The zero-order valence-corrected chi connectivity index (χ0v) is 17.7. The lowest BCUT2D eigenvalue weighted by molar-refractivity contribution is 0.382. The van der Waals surface area contributed by atoms with E-state index in [4.69, 9.17) is 5.11 Å². The van der Waals surface area contributed by atoms with Gasteiger partial charge in [0.1, 0.15) is 9.91 Å². The summed E-state index contributed by atoms with van der Waals surface area (Å²) in [4.78, 5) is 0.390. The third-order valence-electron chi connectivity index (χ3n) is 6.36. The van der Waals surface area contributed by atoms with Crippen molar-refractivity contribution in [3.8, 4) is 0 Å². The lowest BCUT2D eigenvalue weighted by Crippen LogP contribution is -2.53. The van der Waals surface area contributed by atoms with Gasteiger partial charge in [0.05, 0.1) is 18.5 Å². The number of aryl methyl sites for hydroxylation is 1. The summed E-state index contributed by atoms with van der Waals surface area (Å²) in [7, 11) is -5.55. The van der Waals surface area contributed by atoms with Crippen molar-refractivity contribution in [1.82, 2.24) is 0 Å². The van der Waals surface area contributed by atoms with Crippen LogP contribution in [0.1, 0.15) is 33.3 Å². The molecular formula is C18H28N2O2SSi. The Hall–Kier alpha value is -1.01. The fraction of sp³-hybridized carbons (Fsp3) is 0.667. The SMILES string of the molecule is Cc1ccc(S(=O)(=O)[C@@]23C(C)(C)N=N[C@@]2([Si](C)(C)C)C3(C)C)cc1. The molecule has 3 rings (SSSR count). The molecule has 1 heterocycles. The van der Waals surface area contributed by atoms with E-state index < -0.39 is 38.8 Å². The summed E-state index contributed by atoms with van der Waals surface area (Å²) < 4.78 is 26.8. The Morgan fingerprint density at radius 2 is 1.42 bits per heavy atom. The van der Waals surface area contributed by atoms with Crippen molar-refractivity contribution in [3.05, 3.63) is 29.8 Å². The first-order chi connectivity index (χ1) is 10.7. The summed E-state index contributed by atoms with van der Waals surface area (Å²) in [6, 6.07) is 7.20. The summed E-state index contributed by atoms with van der Waals surface area (Å²) in [6.07, 6.45) is 0. The molecule has 0 spiro atoms. The van der Waals surface area contributed by atoms with Crippen LogP contribution in [0.5, 0.6) is 0 Å². The van der Waals surface area contributed by atoms with E-state index in [0.717, 1.165) is 5.56 Å². The van der Waals surface area contributed by atoms with Crippen molar-refractivity contribution in [2.75, 3.05) is 0 Å². The van der Waals surface area contributed by atoms with Crippen molar-refractivity contribution in [3.63, 3.8) is 0 Å². The maximum Gasteiger partial charge on any atom is 0.189 e. The molecular weight excluding hydrogens is 336 g/mol. The van der Waals surface area contributed by atoms with Crippen LogP contribution >= 0.6 is 0 Å². The molecule has 1 saturated carbocycles. The van der Waals surface area contributed by atoms with E-state index in [9.17, 15) is 8.42 Å². The average Bonchev–Trinajstić information content (AvgIpc) is 2.73. The molecule has 1 aliphatic carbocycles. The molecule has 2 aliphatic rings. The second kappa shape index (κ2) is 4.39. The molecule has 0 aromatic heterocycles. The number of nitrogens with zero attached hydrogens (tertiary/aromatic N) is 2. The maximum atomic E-state index is 13.9. The predicted molar refractivity (Wildman–Crippen MR) is 99.9 cm³/mol. The Kier molecular flexibility index (Phi) is 3.25. The summed E-state index contributed by atoms with van der Waals surface area (Å²) in [5.41, 5.74) is -0.113. The second-order valence-electron chi connectivity index (χ2n) is 9.34. The Morgan fingerprint density at radius 1 is 0.917 bits per heavy atom. The van der Waals surface area contributed by atoms with Gasteiger partial charge in [-0.2, -0.15) is 10.2 Å². The van der Waals surface area contributed by atoms with Crippen LogP contribution < -0.4 is 0 Å². The highest BCUT2D eigenvalue weighted by atomic mass is 32.2. The number of rotatable bonds is 3. The average molecular weight is 365 g/mol. The molecule has 0 bridgehead atoms. The molecule has 1 aliphatic heterocycles. The zero-order valence-electron chi connectivity index (χ0n) is 15.9. The molecule has 1 fully saturated rings. The first kappa shape index (κ1) is 17.8. The normalized spacial score (nSPS) is 33.3.